The molecular weight excluding hydrogens is 411 g/mol. The summed E-state index contributed by atoms with van der Waals surface area (Å²) in [6.07, 6.45) is 2.11. The third-order valence-electron chi connectivity index (χ3n) is 4.60. The molecular formula is C20H21FN4O2S2. The SMILES string of the molecule is O=C(CSc1nnc(-c2ccc(F)cc2)n1CC1CCCO1)NCc1cccs1. The number of carbonyl (C=O) groups is 1. The third kappa shape index (κ3) is 5.23. The predicted molar refractivity (Wildman–Crippen MR) is 111 cm³/mol. The number of benzene rings is 1. The van der Waals surface area contributed by atoms with Gasteiger partial charge >= 0.3 is 0 Å². The van der Waals surface area contributed by atoms with Crippen molar-refractivity contribution >= 4 is 29.0 Å². The molecule has 1 aliphatic heterocycles. The van der Waals surface area contributed by atoms with Gasteiger partial charge in [0.15, 0.2) is 11.0 Å². The van der Waals surface area contributed by atoms with Gasteiger partial charge < -0.3 is 10.1 Å². The number of aromatic nitrogens is 3. The predicted octanol–water partition coefficient (Wildman–Crippen LogP) is 3.73. The van der Waals surface area contributed by atoms with E-state index >= 15 is 0 Å². The van der Waals surface area contributed by atoms with E-state index in [9.17, 15) is 9.18 Å². The number of rotatable bonds is 8. The first-order valence-corrected chi connectivity index (χ1v) is 11.3. The smallest absolute Gasteiger partial charge is 0.230 e. The van der Waals surface area contributed by atoms with Gasteiger partial charge in [0.2, 0.25) is 5.91 Å². The van der Waals surface area contributed by atoms with Gasteiger partial charge in [-0.05, 0) is 48.6 Å². The maximum Gasteiger partial charge on any atom is 0.230 e. The van der Waals surface area contributed by atoms with Gasteiger partial charge in [-0.1, -0.05) is 17.8 Å². The van der Waals surface area contributed by atoms with Crippen LogP contribution in [0.25, 0.3) is 11.4 Å². The fraction of sp³-hybridized carbons (Fsp3) is 0.350. The number of carbonyl (C=O) groups excluding carboxylic acids is 1. The van der Waals surface area contributed by atoms with Gasteiger partial charge in [0.25, 0.3) is 0 Å². The van der Waals surface area contributed by atoms with Crippen LogP contribution in [0.5, 0.6) is 0 Å². The van der Waals surface area contributed by atoms with Gasteiger partial charge in [-0.3, -0.25) is 9.36 Å². The van der Waals surface area contributed by atoms with E-state index in [0.29, 0.717) is 24.1 Å². The van der Waals surface area contributed by atoms with Gasteiger partial charge in [0, 0.05) is 17.0 Å². The van der Waals surface area contributed by atoms with E-state index in [-0.39, 0.29) is 23.6 Å². The number of hydrogen-bond acceptors (Lipinski definition) is 6. The molecule has 0 saturated carbocycles. The molecule has 0 radical (unpaired) electrons. The molecule has 152 valence electrons. The van der Waals surface area contributed by atoms with Crippen molar-refractivity contribution in [3.63, 3.8) is 0 Å². The maximum absolute atomic E-state index is 13.3. The van der Waals surface area contributed by atoms with Crippen molar-refractivity contribution in [3.05, 3.63) is 52.5 Å². The fourth-order valence-corrected chi connectivity index (χ4v) is 4.57. The molecule has 1 saturated heterocycles. The summed E-state index contributed by atoms with van der Waals surface area (Å²) in [7, 11) is 0. The summed E-state index contributed by atoms with van der Waals surface area (Å²) in [5.41, 5.74) is 0.783. The van der Waals surface area contributed by atoms with Gasteiger partial charge in [-0.2, -0.15) is 0 Å². The molecule has 6 nitrogen and oxygen atoms in total. The maximum atomic E-state index is 13.3. The Hall–Kier alpha value is -2.23. The van der Waals surface area contributed by atoms with E-state index in [4.69, 9.17) is 4.74 Å². The van der Waals surface area contributed by atoms with Gasteiger partial charge in [-0.15, -0.1) is 21.5 Å². The van der Waals surface area contributed by atoms with Crippen LogP contribution >= 0.6 is 23.1 Å². The van der Waals surface area contributed by atoms with E-state index in [0.717, 1.165) is 29.9 Å². The Morgan fingerprint density at radius 2 is 2.17 bits per heavy atom. The van der Waals surface area contributed by atoms with E-state index in [1.54, 1.807) is 23.5 Å². The van der Waals surface area contributed by atoms with Crippen molar-refractivity contribution in [1.29, 1.82) is 0 Å². The molecule has 1 fully saturated rings. The molecule has 4 rings (SSSR count). The number of nitrogens with one attached hydrogen (secondary N) is 1. The Balaban J connectivity index is 1.46. The first kappa shape index (κ1) is 20.1. The van der Waals surface area contributed by atoms with Gasteiger partial charge in [0.05, 0.1) is 24.9 Å². The molecule has 3 aromatic rings. The van der Waals surface area contributed by atoms with Crippen LogP contribution in [0.3, 0.4) is 0 Å². The molecule has 29 heavy (non-hydrogen) atoms. The number of thioether (sulfide) groups is 1. The Kier molecular flexibility index (Phi) is 6.58. The highest BCUT2D eigenvalue weighted by molar-refractivity contribution is 7.99. The van der Waals surface area contributed by atoms with E-state index in [1.165, 1.54) is 23.9 Å². The zero-order valence-electron chi connectivity index (χ0n) is 15.7. The summed E-state index contributed by atoms with van der Waals surface area (Å²) in [5, 5.41) is 14.2. The summed E-state index contributed by atoms with van der Waals surface area (Å²) in [6, 6.07) is 10.1. The van der Waals surface area contributed by atoms with Crippen molar-refractivity contribution in [2.75, 3.05) is 12.4 Å². The molecule has 1 N–H and O–H groups in total. The summed E-state index contributed by atoms with van der Waals surface area (Å²) in [6.45, 7) is 1.89. The molecule has 1 unspecified atom stereocenters. The molecule has 1 atom stereocenters. The minimum Gasteiger partial charge on any atom is -0.376 e. The van der Waals surface area contributed by atoms with Crippen LogP contribution in [-0.2, 0) is 22.6 Å². The van der Waals surface area contributed by atoms with Crippen LogP contribution in [-0.4, -0.2) is 39.1 Å². The lowest BCUT2D eigenvalue weighted by atomic mass is 10.2. The minimum atomic E-state index is -0.295. The van der Waals surface area contributed by atoms with E-state index < -0.39 is 0 Å². The zero-order chi connectivity index (χ0) is 20.1. The third-order valence-corrected chi connectivity index (χ3v) is 6.44. The molecule has 3 heterocycles. The zero-order valence-corrected chi connectivity index (χ0v) is 17.3. The second kappa shape index (κ2) is 9.51. The van der Waals surface area contributed by atoms with Crippen molar-refractivity contribution in [1.82, 2.24) is 20.1 Å². The van der Waals surface area contributed by atoms with Crippen molar-refractivity contribution in [2.45, 2.75) is 37.2 Å². The Labute approximate surface area is 176 Å². The molecule has 0 aliphatic carbocycles. The molecule has 2 aromatic heterocycles. The lowest BCUT2D eigenvalue weighted by molar-refractivity contribution is -0.118. The van der Waals surface area contributed by atoms with Crippen LogP contribution in [0, 0.1) is 5.82 Å². The summed E-state index contributed by atoms with van der Waals surface area (Å²) in [5.74, 6) is 0.551. The fourth-order valence-electron chi connectivity index (χ4n) is 3.14. The number of nitrogens with zero attached hydrogens (tertiary/aromatic N) is 3. The molecule has 0 bridgehead atoms. The highest BCUT2D eigenvalue weighted by Gasteiger charge is 2.22. The highest BCUT2D eigenvalue weighted by atomic mass is 32.2. The topological polar surface area (TPSA) is 69.0 Å². The van der Waals surface area contributed by atoms with Gasteiger partial charge in [0.1, 0.15) is 5.82 Å². The molecule has 1 aliphatic rings. The van der Waals surface area contributed by atoms with Crippen molar-refractivity contribution in [3.8, 4) is 11.4 Å². The standard InChI is InChI=1S/C20H21FN4O2S2/c21-15-7-5-14(6-8-15)19-23-24-20(25(19)12-16-3-1-9-27-16)29-13-18(26)22-11-17-4-2-10-28-17/h2,4-8,10,16H,1,3,9,11-13H2,(H,22,26). The largest absolute Gasteiger partial charge is 0.376 e. The first-order chi connectivity index (χ1) is 14.2. The van der Waals surface area contributed by atoms with Crippen LogP contribution in [0.4, 0.5) is 4.39 Å². The normalized spacial score (nSPS) is 16.2. The quantitative estimate of drug-likeness (QED) is 0.549. The lowest BCUT2D eigenvalue weighted by Gasteiger charge is -2.14. The molecule has 9 heteroatoms. The number of hydrogen-bond donors (Lipinski definition) is 1. The summed E-state index contributed by atoms with van der Waals surface area (Å²) in [4.78, 5) is 13.3. The van der Waals surface area contributed by atoms with Crippen LogP contribution < -0.4 is 5.32 Å². The van der Waals surface area contributed by atoms with Crippen LogP contribution in [0.15, 0.2) is 46.9 Å². The number of ether oxygens (including phenoxy) is 1. The molecule has 1 aromatic carbocycles. The Morgan fingerprint density at radius 3 is 2.90 bits per heavy atom. The summed E-state index contributed by atoms with van der Waals surface area (Å²) >= 11 is 2.96. The van der Waals surface area contributed by atoms with Crippen molar-refractivity contribution in [2.24, 2.45) is 0 Å². The number of thiophene rings is 1. The monoisotopic (exact) mass is 432 g/mol. The molecule has 1 amide bonds. The van der Waals surface area contributed by atoms with E-state index in [1.807, 2.05) is 22.1 Å². The van der Waals surface area contributed by atoms with E-state index in [2.05, 4.69) is 15.5 Å². The average Bonchev–Trinajstić information content (AvgIpc) is 3.49. The van der Waals surface area contributed by atoms with Crippen LogP contribution in [0.2, 0.25) is 0 Å². The Bertz CT molecular complexity index is 938. The molecule has 0 spiro atoms. The van der Waals surface area contributed by atoms with Gasteiger partial charge in [-0.25, -0.2) is 4.39 Å². The first-order valence-electron chi connectivity index (χ1n) is 9.41. The second-order valence-electron chi connectivity index (χ2n) is 6.70. The number of halogens is 1. The average molecular weight is 433 g/mol. The summed E-state index contributed by atoms with van der Waals surface area (Å²) < 4.78 is 21.1. The minimum absolute atomic E-state index is 0.0570. The lowest BCUT2D eigenvalue weighted by Crippen LogP contribution is -2.24. The highest BCUT2D eigenvalue weighted by Crippen LogP contribution is 2.26. The van der Waals surface area contributed by atoms with Crippen molar-refractivity contribution < 1.29 is 13.9 Å². The number of amides is 1. The Morgan fingerprint density at radius 1 is 1.31 bits per heavy atom. The van der Waals surface area contributed by atoms with Crippen LogP contribution in [0.1, 0.15) is 17.7 Å². The second-order valence-corrected chi connectivity index (χ2v) is 8.68.